The zero-order valence-electron chi connectivity index (χ0n) is 7.54. The van der Waals surface area contributed by atoms with Gasteiger partial charge < -0.3 is 9.90 Å². The van der Waals surface area contributed by atoms with E-state index in [2.05, 4.69) is 0 Å². The van der Waals surface area contributed by atoms with Crippen molar-refractivity contribution in [2.45, 2.75) is 37.4 Å². The second-order valence-electron chi connectivity index (χ2n) is 2.90. The molecule has 0 radical (unpaired) electrons. The Hall–Kier alpha value is 0.820. The largest absolute Gasteiger partial charge is 1.00 e. The van der Waals surface area contributed by atoms with Gasteiger partial charge in [-0.25, -0.2) is 0 Å². The van der Waals surface area contributed by atoms with Gasteiger partial charge in [0.2, 0.25) is 0 Å². The third-order valence-corrected chi connectivity index (χ3v) is 3.34. The first-order valence-corrected chi connectivity index (χ1v) is 5.15. The van der Waals surface area contributed by atoms with Gasteiger partial charge in [0.05, 0.1) is 0 Å². The van der Waals surface area contributed by atoms with E-state index in [1.165, 1.54) is 25.7 Å². The summed E-state index contributed by atoms with van der Waals surface area (Å²) in [4.78, 5) is 10.0. The summed E-state index contributed by atoms with van der Waals surface area (Å²) in [5.41, 5.74) is 0. The summed E-state index contributed by atoms with van der Waals surface area (Å²) in [5, 5.41) is 10.8. The molecule has 0 unspecified atom stereocenters. The van der Waals surface area contributed by atoms with Gasteiger partial charge in [-0.3, -0.25) is 0 Å². The third-order valence-electron chi connectivity index (χ3n) is 1.96. The molecule has 4 heteroatoms. The number of hydrogen-bond donors (Lipinski definition) is 0. The van der Waals surface area contributed by atoms with E-state index in [1.54, 1.807) is 11.8 Å². The van der Waals surface area contributed by atoms with Crippen LogP contribution in [0.4, 0.5) is 0 Å². The predicted octanol–water partition coefficient (Wildman–Crippen LogP) is -2.19. The standard InChI is InChI=1S/C8H14O2S.Na/c9-8(10)5-6-11-7-3-1-2-4-7;/h7H,1-6H2,(H,9,10);/q;+1/p-1. The average Bonchev–Trinajstić information content (AvgIpc) is 2.39. The molecule has 0 aromatic heterocycles. The quantitative estimate of drug-likeness (QED) is 0.479. The molecule has 0 saturated heterocycles. The summed E-state index contributed by atoms with van der Waals surface area (Å²) in [5.74, 6) is -0.192. The molecule has 12 heavy (non-hydrogen) atoms. The van der Waals surface area contributed by atoms with Gasteiger partial charge in [-0.1, -0.05) is 12.8 Å². The first-order valence-electron chi connectivity index (χ1n) is 4.10. The third kappa shape index (κ3) is 5.46. The molecule has 0 spiro atoms. The fourth-order valence-electron chi connectivity index (χ4n) is 1.36. The minimum Gasteiger partial charge on any atom is -0.550 e. The Morgan fingerprint density at radius 1 is 1.42 bits per heavy atom. The van der Waals surface area contributed by atoms with Crippen LogP contribution in [0.2, 0.25) is 0 Å². The summed E-state index contributed by atoms with van der Waals surface area (Å²) in [6, 6.07) is 0. The first kappa shape index (κ1) is 12.8. The second-order valence-corrected chi connectivity index (χ2v) is 4.31. The van der Waals surface area contributed by atoms with Crippen LogP contribution in [0.25, 0.3) is 0 Å². The molecule has 1 fully saturated rings. The van der Waals surface area contributed by atoms with Gasteiger partial charge >= 0.3 is 29.6 Å². The monoisotopic (exact) mass is 196 g/mol. The smallest absolute Gasteiger partial charge is 0.550 e. The van der Waals surface area contributed by atoms with E-state index in [0.29, 0.717) is 0 Å². The number of carboxylic acids is 1. The molecule has 0 amide bonds. The van der Waals surface area contributed by atoms with Crippen LogP contribution in [0.3, 0.4) is 0 Å². The molecule has 1 rings (SSSR count). The molecule has 0 heterocycles. The number of carbonyl (C=O) groups is 1. The molecule has 0 N–H and O–H groups in total. The van der Waals surface area contributed by atoms with Crippen molar-refractivity contribution in [2.24, 2.45) is 0 Å². The van der Waals surface area contributed by atoms with Crippen molar-refractivity contribution < 1.29 is 39.5 Å². The van der Waals surface area contributed by atoms with E-state index < -0.39 is 5.97 Å². The fourth-order valence-corrected chi connectivity index (χ4v) is 2.65. The van der Waals surface area contributed by atoms with Crippen LogP contribution in [0.15, 0.2) is 0 Å². The molecular weight excluding hydrogens is 183 g/mol. The number of thioether (sulfide) groups is 1. The van der Waals surface area contributed by atoms with Gasteiger partial charge in [0.15, 0.2) is 0 Å². The van der Waals surface area contributed by atoms with Gasteiger partial charge in [-0.15, -0.1) is 0 Å². The first-order chi connectivity index (χ1) is 5.29. The number of aliphatic carboxylic acids is 1. The zero-order chi connectivity index (χ0) is 8.10. The number of hydrogen-bond acceptors (Lipinski definition) is 3. The molecule has 0 atom stereocenters. The molecule has 64 valence electrons. The number of carbonyl (C=O) groups excluding carboxylic acids is 1. The van der Waals surface area contributed by atoms with Crippen molar-refractivity contribution in [1.29, 1.82) is 0 Å². The minimum absolute atomic E-state index is 0. The molecule has 2 nitrogen and oxygen atoms in total. The summed E-state index contributed by atoms with van der Waals surface area (Å²) in [6.45, 7) is 0. The Labute approximate surface area is 99.8 Å². The SMILES string of the molecule is O=C([O-])CCSC1CCCC1.[Na+]. The summed E-state index contributed by atoms with van der Waals surface area (Å²) < 4.78 is 0. The Kier molecular flexibility index (Phi) is 7.74. The Morgan fingerprint density at radius 3 is 2.50 bits per heavy atom. The van der Waals surface area contributed by atoms with Gasteiger partial charge in [0, 0.05) is 11.2 Å². The molecular formula is C8H13NaO2S. The Bertz CT molecular complexity index is 135. The van der Waals surface area contributed by atoms with E-state index in [4.69, 9.17) is 0 Å². The van der Waals surface area contributed by atoms with Gasteiger partial charge in [-0.2, -0.15) is 11.8 Å². The van der Waals surface area contributed by atoms with Crippen molar-refractivity contribution >= 4 is 17.7 Å². The maximum Gasteiger partial charge on any atom is 1.00 e. The topological polar surface area (TPSA) is 40.1 Å². The predicted molar refractivity (Wildman–Crippen MR) is 44.3 cm³/mol. The maximum atomic E-state index is 10.0. The van der Waals surface area contributed by atoms with Crippen LogP contribution < -0.4 is 34.7 Å². The number of carboxylic acid groups (broad SMARTS) is 1. The summed E-state index contributed by atoms with van der Waals surface area (Å²) in [7, 11) is 0. The molecule has 0 aromatic carbocycles. The van der Waals surface area contributed by atoms with Crippen molar-refractivity contribution in [2.75, 3.05) is 5.75 Å². The van der Waals surface area contributed by atoms with Crippen molar-refractivity contribution in [3.8, 4) is 0 Å². The van der Waals surface area contributed by atoms with Crippen LogP contribution in [0.5, 0.6) is 0 Å². The molecule has 0 aliphatic heterocycles. The summed E-state index contributed by atoms with van der Waals surface area (Å²) in [6.07, 6.45) is 5.41. The van der Waals surface area contributed by atoms with E-state index in [9.17, 15) is 9.90 Å². The van der Waals surface area contributed by atoms with Crippen LogP contribution in [0.1, 0.15) is 32.1 Å². The fraction of sp³-hybridized carbons (Fsp3) is 0.875. The maximum absolute atomic E-state index is 10.0. The molecule has 0 aromatic rings. The molecule has 1 aliphatic carbocycles. The van der Waals surface area contributed by atoms with Crippen LogP contribution in [0, 0.1) is 0 Å². The van der Waals surface area contributed by atoms with E-state index >= 15 is 0 Å². The molecule has 0 bridgehead atoms. The van der Waals surface area contributed by atoms with Crippen LogP contribution >= 0.6 is 11.8 Å². The normalized spacial score (nSPS) is 17.3. The number of rotatable bonds is 4. The molecule has 1 saturated carbocycles. The van der Waals surface area contributed by atoms with Crippen molar-refractivity contribution in [1.82, 2.24) is 0 Å². The minimum atomic E-state index is -0.921. The zero-order valence-corrected chi connectivity index (χ0v) is 10.4. The van der Waals surface area contributed by atoms with Crippen LogP contribution in [-0.4, -0.2) is 17.0 Å². The second kappa shape index (κ2) is 7.25. The van der Waals surface area contributed by atoms with Crippen molar-refractivity contribution in [3.63, 3.8) is 0 Å². The van der Waals surface area contributed by atoms with Crippen molar-refractivity contribution in [3.05, 3.63) is 0 Å². The van der Waals surface area contributed by atoms with Gasteiger partial charge in [0.1, 0.15) is 0 Å². The van der Waals surface area contributed by atoms with Crippen LogP contribution in [-0.2, 0) is 4.79 Å². The molecule has 1 aliphatic rings. The Balaban J connectivity index is 0.00000121. The van der Waals surface area contributed by atoms with Gasteiger partial charge in [0.25, 0.3) is 0 Å². The van der Waals surface area contributed by atoms with E-state index in [0.717, 1.165) is 11.0 Å². The summed E-state index contributed by atoms with van der Waals surface area (Å²) >= 11 is 1.79. The average molecular weight is 196 g/mol. The van der Waals surface area contributed by atoms with Gasteiger partial charge in [-0.05, 0) is 25.0 Å². The van der Waals surface area contributed by atoms with E-state index in [1.807, 2.05) is 0 Å². The Morgan fingerprint density at radius 2 is 2.00 bits per heavy atom. The van der Waals surface area contributed by atoms with E-state index in [-0.39, 0.29) is 36.0 Å².